The SMILES string of the molecule is CC(c1nc2ccccc2c(=O)n1C)N1CCN(C(=O)C2CCCC2)CC1. The highest BCUT2D eigenvalue weighted by molar-refractivity contribution is 5.79. The van der Waals surface area contributed by atoms with Crippen molar-refractivity contribution in [2.45, 2.75) is 38.6 Å². The Morgan fingerprint density at radius 2 is 1.78 bits per heavy atom. The Labute approximate surface area is 159 Å². The fraction of sp³-hybridized carbons (Fsp3) is 0.571. The molecule has 2 fully saturated rings. The first-order chi connectivity index (χ1) is 13.1. The smallest absolute Gasteiger partial charge is 0.261 e. The summed E-state index contributed by atoms with van der Waals surface area (Å²) >= 11 is 0. The van der Waals surface area contributed by atoms with Crippen molar-refractivity contribution >= 4 is 16.8 Å². The van der Waals surface area contributed by atoms with E-state index >= 15 is 0 Å². The van der Waals surface area contributed by atoms with Crippen molar-refractivity contribution in [3.05, 3.63) is 40.4 Å². The van der Waals surface area contributed by atoms with E-state index in [1.807, 2.05) is 29.2 Å². The number of amides is 1. The Bertz CT molecular complexity index is 893. The summed E-state index contributed by atoms with van der Waals surface area (Å²) in [6.45, 7) is 5.28. The quantitative estimate of drug-likeness (QED) is 0.834. The second kappa shape index (κ2) is 7.43. The summed E-state index contributed by atoms with van der Waals surface area (Å²) in [6.07, 6.45) is 4.49. The largest absolute Gasteiger partial charge is 0.340 e. The number of carbonyl (C=O) groups excluding carboxylic acids is 1. The van der Waals surface area contributed by atoms with Gasteiger partial charge >= 0.3 is 0 Å². The number of piperazine rings is 1. The van der Waals surface area contributed by atoms with E-state index in [0.717, 1.165) is 50.4 Å². The van der Waals surface area contributed by atoms with Gasteiger partial charge in [-0.1, -0.05) is 25.0 Å². The highest BCUT2D eigenvalue weighted by atomic mass is 16.2. The summed E-state index contributed by atoms with van der Waals surface area (Å²) in [6, 6.07) is 7.54. The first-order valence-electron chi connectivity index (χ1n) is 10.0. The van der Waals surface area contributed by atoms with E-state index in [2.05, 4.69) is 11.8 Å². The van der Waals surface area contributed by atoms with Gasteiger partial charge in [0.05, 0.1) is 16.9 Å². The molecule has 6 nitrogen and oxygen atoms in total. The molecular formula is C21H28N4O2. The van der Waals surface area contributed by atoms with Crippen LogP contribution in [0.2, 0.25) is 0 Å². The minimum atomic E-state index is -0.00232. The average Bonchev–Trinajstić information content (AvgIpc) is 3.24. The van der Waals surface area contributed by atoms with Crippen LogP contribution in [0, 0.1) is 5.92 Å². The number of aromatic nitrogens is 2. The van der Waals surface area contributed by atoms with Gasteiger partial charge in [-0.15, -0.1) is 0 Å². The number of fused-ring (bicyclic) bond motifs is 1. The van der Waals surface area contributed by atoms with Crippen molar-refractivity contribution in [1.29, 1.82) is 0 Å². The molecule has 6 heteroatoms. The van der Waals surface area contributed by atoms with Crippen LogP contribution in [0.15, 0.2) is 29.1 Å². The Hall–Kier alpha value is -2.21. The van der Waals surface area contributed by atoms with Crippen LogP contribution in [-0.2, 0) is 11.8 Å². The van der Waals surface area contributed by atoms with E-state index in [1.54, 1.807) is 11.6 Å². The maximum Gasteiger partial charge on any atom is 0.261 e. The topological polar surface area (TPSA) is 58.4 Å². The monoisotopic (exact) mass is 368 g/mol. The van der Waals surface area contributed by atoms with Gasteiger partial charge in [0.2, 0.25) is 5.91 Å². The van der Waals surface area contributed by atoms with Crippen molar-refractivity contribution < 1.29 is 4.79 Å². The molecule has 4 rings (SSSR count). The van der Waals surface area contributed by atoms with E-state index in [0.29, 0.717) is 11.3 Å². The number of nitrogens with zero attached hydrogens (tertiary/aromatic N) is 4. The molecule has 1 aliphatic heterocycles. The summed E-state index contributed by atoms with van der Waals surface area (Å²) in [4.78, 5) is 34.4. The van der Waals surface area contributed by atoms with Crippen molar-refractivity contribution in [2.24, 2.45) is 13.0 Å². The highest BCUT2D eigenvalue weighted by Crippen LogP contribution is 2.28. The maximum absolute atomic E-state index is 12.7. The minimum Gasteiger partial charge on any atom is -0.340 e. The van der Waals surface area contributed by atoms with Crippen LogP contribution in [0.1, 0.15) is 44.5 Å². The normalized spacial score (nSPS) is 20.3. The lowest BCUT2D eigenvalue weighted by Crippen LogP contribution is -2.51. The summed E-state index contributed by atoms with van der Waals surface area (Å²) in [7, 11) is 1.80. The first-order valence-corrected chi connectivity index (χ1v) is 10.0. The van der Waals surface area contributed by atoms with Crippen LogP contribution in [0.4, 0.5) is 0 Å². The van der Waals surface area contributed by atoms with E-state index in [-0.39, 0.29) is 17.5 Å². The van der Waals surface area contributed by atoms with Gasteiger partial charge in [-0.05, 0) is 31.9 Å². The molecular weight excluding hydrogens is 340 g/mol. The van der Waals surface area contributed by atoms with E-state index in [4.69, 9.17) is 4.98 Å². The van der Waals surface area contributed by atoms with Crippen molar-refractivity contribution in [2.75, 3.05) is 26.2 Å². The zero-order valence-corrected chi connectivity index (χ0v) is 16.2. The predicted molar refractivity (Wildman–Crippen MR) is 106 cm³/mol. The minimum absolute atomic E-state index is 0.00232. The molecule has 144 valence electrons. The number of para-hydroxylation sites is 1. The molecule has 1 aromatic heterocycles. The lowest BCUT2D eigenvalue weighted by Gasteiger charge is -2.39. The number of carbonyl (C=O) groups is 1. The van der Waals surface area contributed by atoms with Crippen LogP contribution in [0.3, 0.4) is 0 Å². The third-order valence-corrected chi connectivity index (χ3v) is 6.27. The van der Waals surface area contributed by atoms with Gasteiger partial charge < -0.3 is 4.90 Å². The Morgan fingerprint density at radius 3 is 2.48 bits per heavy atom. The van der Waals surface area contributed by atoms with Gasteiger partial charge in [-0.25, -0.2) is 4.98 Å². The fourth-order valence-corrected chi connectivity index (χ4v) is 4.53. The molecule has 1 unspecified atom stereocenters. The van der Waals surface area contributed by atoms with Crippen LogP contribution < -0.4 is 5.56 Å². The summed E-state index contributed by atoms with van der Waals surface area (Å²) < 4.78 is 1.67. The van der Waals surface area contributed by atoms with Crippen molar-refractivity contribution in [3.8, 4) is 0 Å². The second-order valence-electron chi connectivity index (χ2n) is 7.87. The van der Waals surface area contributed by atoms with Crippen LogP contribution in [0.25, 0.3) is 10.9 Å². The Balaban J connectivity index is 1.49. The molecule has 0 N–H and O–H groups in total. The highest BCUT2D eigenvalue weighted by Gasteiger charge is 2.31. The molecule has 1 aliphatic carbocycles. The Kier molecular flexibility index (Phi) is 5.00. The number of rotatable bonds is 3. The fourth-order valence-electron chi connectivity index (χ4n) is 4.53. The molecule has 1 atom stereocenters. The molecule has 1 amide bonds. The van der Waals surface area contributed by atoms with Crippen LogP contribution in [0.5, 0.6) is 0 Å². The van der Waals surface area contributed by atoms with Gasteiger partial charge in [0.25, 0.3) is 5.56 Å². The van der Waals surface area contributed by atoms with E-state index in [9.17, 15) is 9.59 Å². The molecule has 1 saturated carbocycles. The predicted octanol–water partition coefficient (Wildman–Crippen LogP) is 2.33. The zero-order chi connectivity index (χ0) is 19.0. The summed E-state index contributed by atoms with van der Waals surface area (Å²) in [5, 5.41) is 0.655. The lowest BCUT2D eigenvalue weighted by atomic mass is 10.1. The molecule has 2 aromatic rings. The molecule has 0 spiro atoms. The summed E-state index contributed by atoms with van der Waals surface area (Å²) in [5.41, 5.74) is 0.745. The van der Waals surface area contributed by atoms with Gasteiger partial charge in [0.15, 0.2) is 0 Å². The molecule has 2 aliphatic rings. The molecule has 1 saturated heterocycles. The molecule has 0 bridgehead atoms. The van der Waals surface area contributed by atoms with E-state index in [1.165, 1.54) is 12.8 Å². The van der Waals surface area contributed by atoms with Gasteiger partial charge in [-0.2, -0.15) is 0 Å². The number of hydrogen-bond acceptors (Lipinski definition) is 4. The summed E-state index contributed by atoms with van der Waals surface area (Å²) in [5.74, 6) is 1.38. The van der Waals surface area contributed by atoms with Gasteiger partial charge in [0.1, 0.15) is 5.82 Å². The number of benzene rings is 1. The van der Waals surface area contributed by atoms with Crippen molar-refractivity contribution in [1.82, 2.24) is 19.4 Å². The molecule has 27 heavy (non-hydrogen) atoms. The van der Waals surface area contributed by atoms with Crippen LogP contribution in [-0.4, -0.2) is 51.4 Å². The van der Waals surface area contributed by atoms with Crippen molar-refractivity contribution in [3.63, 3.8) is 0 Å². The second-order valence-corrected chi connectivity index (χ2v) is 7.87. The molecule has 2 heterocycles. The Morgan fingerprint density at radius 1 is 1.11 bits per heavy atom. The number of hydrogen-bond donors (Lipinski definition) is 0. The maximum atomic E-state index is 12.7. The standard InChI is InChI=1S/C21H28N4O2/c1-15(19-22-18-10-6-5-9-17(18)21(27)23(19)2)24-11-13-25(14-12-24)20(26)16-7-3-4-8-16/h5-6,9-10,15-16H,3-4,7-8,11-14H2,1-2H3. The average molecular weight is 368 g/mol. The zero-order valence-electron chi connectivity index (χ0n) is 16.2. The van der Waals surface area contributed by atoms with Gasteiger partial charge in [-0.3, -0.25) is 19.1 Å². The van der Waals surface area contributed by atoms with Gasteiger partial charge in [0, 0.05) is 39.1 Å². The first kappa shape index (κ1) is 18.2. The lowest BCUT2D eigenvalue weighted by molar-refractivity contribution is -0.137. The van der Waals surface area contributed by atoms with E-state index < -0.39 is 0 Å². The molecule has 1 aromatic carbocycles. The third-order valence-electron chi connectivity index (χ3n) is 6.27. The third kappa shape index (κ3) is 3.38. The molecule has 0 radical (unpaired) electrons. The van der Waals surface area contributed by atoms with Crippen LogP contribution >= 0.6 is 0 Å².